The van der Waals surface area contributed by atoms with Crippen LogP contribution in [-0.4, -0.2) is 0 Å². The summed E-state index contributed by atoms with van der Waals surface area (Å²) in [6.45, 7) is 0. The summed E-state index contributed by atoms with van der Waals surface area (Å²) >= 11 is 0. The zero-order chi connectivity index (χ0) is 9.64. The van der Waals surface area contributed by atoms with E-state index in [0.717, 1.165) is 12.8 Å². The quantitative estimate of drug-likeness (QED) is 0.654. The Morgan fingerprint density at radius 3 is 2.71 bits per heavy atom. The standard InChI is InChI=1S/C14H14/c1-2-5-9-13(8-4-1)12-14-10-6-3-7-11-14/h1-4,6-11H,5,12H2. The predicted molar refractivity (Wildman–Crippen MR) is 61.1 cm³/mol. The van der Waals surface area contributed by atoms with Gasteiger partial charge in [0.05, 0.1) is 0 Å². The lowest BCUT2D eigenvalue weighted by molar-refractivity contribution is 1.17. The van der Waals surface area contributed by atoms with Crippen molar-refractivity contribution in [1.82, 2.24) is 0 Å². The van der Waals surface area contributed by atoms with E-state index < -0.39 is 0 Å². The molecule has 0 amide bonds. The fraction of sp³-hybridized carbons (Fsp3) is 0.143. The van der Waals surface area contributed by atoms with Gasteiger partial charge in [0.25, 0.3) is 0 Å². The Hall–Kier alpha value is -1.56. The molecule has 0 heterocycles. The third-order valence-corrected chi connectivity index (χ3v) is 2.32. The largest absolute Gasteiger partial charge is 0.0807 e. The summed E-state index contributed by atoms with van der Waals surface area (Å²) in [4.78, 5) is 0. The number of hydrogen-bond donors (Lipinski definition) is 0. The molecular formula is C14H14. The Labute approximate surface area is 85.3 Å². The van der Waals surface area contributed by atoms with Crippen molar-refractivity contribution in [3.63, 3.8) is 0 Å². The Bertz CT molecular complexity index is 366. The van der Waals surface area contributed by atoms with Gasteiger partial charge in [-0.3, -0.25) is 0 Å². The molecule has 70 valence electrons. The first-order valence-electron chi connectivity index (χ1n) is 5.01. The molecule has 0 saturated carbocycles. The zero-order valence-electron chi connectivity index (χ0n) is 8.19. The molecule has 1 aromatic carbocycles. The third kappa shape index (κ3) is 2.46. The first-order valence-corrected chi connectivity index (χ1v) is 5.01. The van der Waals surface area contributed by atoms with Crippen LogP contribution in [0.2, 0.25) is 0 Å². The molecular weight excluding hydrogens is 168 g/mol. The second-order valence-electron chi connectivity index (χ2n) is 3.46. The Kier molecular flexibility index (Phi) is 2.97. The van der Waals surface area contributed by atoms with E-state index in [1.54, 1.807) is 0 Å². The van der Waals surface area contributed by atoms with Gasteiger partial charge in [0.2, 0.25) is 0 Å². The molecule has 0 nitrogen and oxygen atoms in total. The first kappa shape index (κ1) is 9.01. The van der Waals surface area contributed by atoms with Gasteiger partial charge < -0.3 is 0 Å². The molecule has 2 rings (SSSR count). The monoisotopic (exact) mass is 182 g/mol. The highest BCUT2D eigenvalue weighted by Crippen LogP contribution is 2.12. The van der Waals surface area contributed by atoms with E-state index in [1.807, 2.05) is 0 Å². The smallest absolute Gasteiger partial charge is 0.00288 e. The van der Waals surface area contributed by atoms with Crippen LogP contribution in [0.25, 0.3) is 0 Å². The minimum atomic E-state index is 1.04. The van der Waals surface area contributed by atoms with E-state index in [4.69, 9.17) is 0 Å². The average molecular weight is 182 g/mol. The molecule has 0 radical (unpaired) electrons. The maximum absolute atomic E-state index is 2.28. The Morgan fingerprint density at radius 2 is 1.86 bits per heavy atom. The fourth-order valence-electron chi connectivity index (χ4n) is 1.59. The molecule has 1 aliphatic rings. The molecule has 0 atom stereocenters. The highest BCUT2D eigenvalue weighted by Gasteiger charge is 1.96. The van der Waals surface area contributed by atoms with Crippen LogP contribution < -0.4 is 0 Å². The Morgan fingerprint density at radius 1 is 1.00 bits per heavy atom. The van der Waals surface area contributed by atoms with Gasteiger partial charge >= 0.3 is 0 Å². The summed E-state index contributed by atoms with van der Waals surface area (Å²) in [5, 5.41) is 0. The van der Waals surface area contributed by atoms with Crippen molar-refractivity contribution in [3.05, 3.63) is 71.8 Å². The molecule has 1 aromatic rings. The van der Waals surface area contributed by atoms with Crippen LogP contribution in [0.1, 0.15) is 12.0 Å². The van der Waals surface area contributed by atoms with Crippen molar-refractivity contribution in [1.29, 1.82) is 0 Å². The summed E-state index contributed by atoms with van der Waals surface area (Å²) in [6, 6.07) is 10.6. The zero-order valence-corrected chi connectivity index (χ0v) is 8.19. The van der Waals surface area contributed by atoms with Crippen molar-refractivity contribution in [2.75, 3.05) is 0 Å². The van der Waals surface area contributed by atoms with Crippen LogP contribution in [0.15, 0.2) is 66.3 Å². The van der Waals surface area contributed by atoms with Gasteiger partial charge in [-0.1, -0.05) is 60.7 Å². The van der Waals surface area contributed by atoms with Crippen LogP contribution in [0.4, 0.5) is 0 Å². The maximum Gasteiger partial charge on any atom is -0.00288 e. The van der Waals surface area contributed by atoms with Crippen molar-refractivity contribution >= 4 is 0 Å². The number of allylic oxidation sites excluding steroid dienone is 6. The van der Waals surface area contributed by atoms with E-state index >= 15 is 0 Å². The lowest BCUT2D eigenvalue weighted by Gasteiger charge is -2.01. The molecule has 1 aliphatic carbocycles. The number of benzene rings is 1. The second kappa shape index (κ2) is 4.61. The first-order chi connectivity index (χ1) is 6.95. The van der Waals surface area contributed by atoms with Gasteiger partial charge in [-0.05, 0) is 24.0 Å². The lowest BCUT2D eigenvalue weighted by atomic mass is 10.0. The topological polar surface area (TPSA) is 0 Å². The molecule has 14 heavy (non-hydrogen) atoms. The predicted octanol–water partition coefficient (Wildman–Crippen LogP) is 3.67. The van der Waals surface area contributed by atoms with Crippen LogP contribution in [0, 0.1) is 0 Å². The summed E-state index contributed by atoms with van der Waals surface area (Å²) in [7, 11) is 0. The van der Waals surface area contributed by atoms with E-state index in [1.165, 1.54) is 11.1 Å². The molecule has 0 spiro atoms. The molecule has 0 bridgehead atoms. The number of rotatable bonds is 2. The maximum atomic E-state index is 2.28. The Balaban J connectivity index is 2.08. The van der Waals surface area contributed by atoms with Crippen molar-refractivity contribution in [3.8, 4) is 0 Å². The van der Waals surface area contributed by atoms with Gasteiger partial charge in [-0.25, -0.2) is 0 Å². The van der Waals surface area contributed by atoms with Crippen LogP contribution in [-0.2, 0) is 6.42 Å². The molecule has 0 saturated heterocycles. The van der Waals surface area contributed by atoms with Crippen LogP contribution in [0.5, 0.6) is 0 Å². The van der Waals surface area contributed by atoms with Gasteiger partial charge in [0, 0.05) is 0 Å². The normalized spacial score (nSPS) is 15.0. The van der Waals surface area contributed by atoms with Gasteiger partial charge in [0.15, 0.2) is 0 Å². The van der Waals surface area contributed by atoms with Crippen molar-refractivity contribution < 1.29 is 0 Å². The fourth-order valence-corrected chi connectivity index (χ4v) is 1.59. The van der Waals surface area contributed by atoms with Gasteiger partial charge in [-0.15, -0.1) is 0 Å². The molecule has 0 heteroatoms. The van der Waals surface area contributed by atoms with E-state index in [9.17, 15) is 0 Å². The van der Waals surface area contributed by atoms with E-state index in [0.29, 0.717) is 0 Å². The second-order valence-corrected chi connectivity index (χ2v) is 3.46. The highest BCUT2D eigenvalue weighted by molar-refractivity contribution is 5.32. The third-order valence-electron chi connectivity index (χ3n) is 2.32. The molecule has 0 unspecified atom stereocenters. The summed E-state index contributed by atoms with van der Waals surface area (Å²) in [5.74, 6) is 0. The molecule has 0 aromatic heterocycles. The SMILES string of the molecule is C1=CCC=C(Cc2ccccc2)C=C1. The van der Waals surface area contributed by atoms with E-state index in [2.05, 4.69) is 60.7 Å². The van der Waals surface area contributed by atoms with Crippen molar-refractivity contribution in [2.45, 2.75) is 12.8 Å². The molecule has 0 aliphatic heterocycles. The highest BCUT2D eigenvalue weighted by atomic mass is 14.0. The molecule has 0 N–H and O–H groups in total. The molecule has 0 fully saturated rings. The minimum Gasteiger partial charge on any atom is -0.0807 e. The average Bonchev–Trinajstić information content (AvgIpc) is 2.48. The summed E-state index contributed by atoms with van der Waals surface area (Å²) in [6.07, 6.45) is 13.0. The van der Waals surface area contributed by atoms with Crippen LogP contribution >= 0.6 is 0 Å². The summed E-state index contributed by atoms with van der Waals surface area (Å²) in [5.41, 5.74) is 2.78. The lowest BCUT2D eigenvalue weighted by Crippen LogP contribution is -1.86. The van der Waals surface area contributed by atoms with E-state index in [-0.39, 0.29) is 0 Å². The van der Waals surface area contributed by atoms with Gasteiger partial charge in [-0.2, -0.15) is 0 Å². The van der Waals surface area contributed by atoms with Crippen LogP contribution in [0.3, 0.4) is 0 Å². The minimum absolute atomic E-state index is 1.04. The number of hydrogen-bond acceptors (Lipinski definition) is 0. The van der Waals surface area contributed by atoms with Crippen molar-refractivity contribution in [2.24, 2.45) is 0 Å². The summed E-state index contributed by atoms with van der Waals surface area (Å²) < 4.78 is 0. The van der Waals surface area contributed by atoms with Gasteiger partial charge in [0.1, 0.15) is 0 Å².